The Morgan fingerprint density at radius 3 is 2.48 bits per heavy atom. The number of nitrogens with zero attached hydrogens (tertiary/aromatic N) is 1. The lowest BCUT2D eigenvalue weighted by Crippen LogP contribution is -2.43. The second kappa shape index (κ2) is 7.40. The van der Waals surface area contributed by atoms with Crippen molar-refractivity contribution in [3.63, 3.8) is 0 Å². The molecule has 0 amide bonds. The van der Waals surface area contributed by atoms with Gasteiger partial charge in [0.25, 0.3) is 0 Å². The summed E-state index contributed by atoms with van der Waals surface area (Å²) in [6, 6.07) is 0.712. The van der Waals surface area contributed by atoms with E-state index in [-0.39, 0.29) is 11.2 Å². The third kappa shape index (κ3) is 6.63. The number of piperidine rings is 1. The van der Waals surface area contributed by atoms with Crippen molar-refractivity contribution in [1.29, 1.82) is 0 Å². The Hall–Kier alpha value is -0.170. The topological polar surface area (TPSA) is 61.4 Å². The van der Waals surface area contributed by atoms with Gasteiger partial charge in [-0.3, -0.25) is 0 Å². The summed E-state index contributed by atoms with van der Waals surface area (Å²) in [7, 11) is -0.985. The molecule has 1 aliphatic heterocycles. The Balaban J connectivity index is 1.60. The fourth-order valence-corrected chi connectivity index (χ4v) is 4.00. The number of likely N-dealkylation sites (tertiary alicyclic amines) is 1. The Labute approximate surface area is 129 Å². The zero-order chi connectivity index (χ0) is 15.3. The van der Waals surface area contributed by atoms with Crippen LogP contribution in [0.25, 0.3) is 0 Å². The van der Waals surface area contributed by atoms with Crippen LogP contribution >= 0.6 is 0 Å². The van der Waals surface area contributed by atoms with Gasteiger partial charge in [-0.15, -0.1) is 0 Å². The van der Waals surface area contributed by atoms with E-state index in [4.69, 9.17) is 0 Å². The monoisotopic (exact) mass is 317 g/mol. The van der Waals surface area contributed by atoms with Crippen LogP contribution in [0.15, 0.2) is 0 Å². The fourth-order valence-electron chi connectivity index (χ4n) is 2.70. The summed E-state index contributed by atoms with van der Waals surface area (Å²) in [6.45, 7) is 5.85. The molecule has 0 aromatic carbocycles. The minimum Gasteiger partial charge on any atom is -0.314 e. The Kier molecular flexibility index (Phi) is 6.05. The van der Waals surface area contributed by atoms with Crippen molar-refractivity contribution < 1.29 is 8.42 Å². The number of rotatable bonds is 9. The molecule has 0 aromatic heterocycles. The molecule has 1 saturated carbocycles. The van der Waals surface area contributed by atoms with E-state index >= 15 is 0 Å². The van der Waals surface area contributed by atoms with Crippen LogP contribution in [0.5, 0.6) is 0 Å². The van der Waals surface area contributed by atoms with E-state index in [1.807, 2.05) is 0 Å². The van der Waals surface area contributed by atoms with Gasteiger partial charge in [-0.1, -0.05) is 6.92 Å². The summed E-state index contributed by atoms with van der Waals surface area (Å²) in [4.78, 5) is 2.31. The maximum atomic E-state index is 12.0. The molecule has 0 aromatic rings. The number of sulfonamides is 1. The normalized spacial score (nSPS) is 23.3. The van der Waals surface area contributed by atoms with Gasteiger partial charge in [0.05, 0.1) is 5.75 Å². The molecule has 2 rings (SSSR count). The van der Waals surface area contributed by atoms with E-state index in [0.717, 1.165) is 45.3 Å². The summed E-state index contributed by atoms with van der Waals surface area (Å²) in [5.74, 6) is 0.259. The van der Waals surface area contributed by atoms with Gasteiger partial charge in [-0.05, 0) is 70.6 Å². The van der Waals surface area contributed by atoms with Crippen molar-refractivity contribution in [2.75, 3.05) is 39.0 Å². The minimum absolute atomic E-state index is 0.118. The molecule has 0 unspecified atom stereocenters. The molecule has 2 aliphatic rings. The van der Waals surface area contributed by atoms with Crippen molar-refractivity contribution in [2.24, 2.45) is 5.41 Å². The molecular formula is C15H31N3O2S. The zero-order valence-corrected chi connectivity index (χ0v) is 14.3. The van der Waals surface area contributed by atoms with Crippen molar-refractivity contribution in [1.82, 2.24) is 14.9 Å². The highest BCUT2D eigenvalue weighted by atomic mass is 32.2. The molecule has 2 N–H and O–H groups in total. The molecule has 1 aliphatic carbocycles. The second-order valence-corrected chi connectivity index (χ2v) is 9.12. The maximum absolute atomic E-state index is 12.0. The molecule has 2 fully saturated rings. The van der Waals surface area contributed by atoms with Crippen molar-refractivity contribution in [3.05, 3.63) is 0 Å². The Morgan fingerprint density at radius 1 is 1.19 bits per heavy atom. The van der Waals surface area contributed by atoms with Crippen LogP contribution in [0, 0.1) is 5.41 Å². The van der Waals surface area contributed by atoms with Crippen molar-refractivity contribution in [2.45, 2.75) is 51.5 Å². The highest BCUT2D eigenvalue weighted by Gasteiger charge is 2.30. The van der Waals surface area contributed by atoms with Crippen molar-refractivity contribution in [3.8, 4) is 0 Å². The Morgan fingerprint density at radius 2 is 1.86 bits per heavy atom. The number of nitrogens with one attached hydrogen (secondary N) is 2. The molecule has 21 heavy (non-hydrogen) atoms. The first-order valence-electron chi connectivity index (χ1n) is 8.28. The lowest BCUT2D eigenvalue weighted by Gasteiger charge is -2.37. The van der Waals surface area contributed by atoms with Crippen LogP contribution in [0.4, 0.5) is 0 Å². The molecule has 1 saturated heterocycles. The largest absolute Gasteiger partial charge is 0.314 e. The van der Waals surface area contributed by atoms with Crippen LogP contribution in [0.2, 0.25) is 0 Å². The molecule has 0 bridgehead atoms. The molecule has 1 heterocycles. The predicted molar refractivity (Wildman–Crippen MR) is 86.9 cm³/mol. The first-order chi connectivity index (χ1) is 9.89. The molecule has 0 radical (unpaired) electrons. The van der Waals surface area contributed by atoms with Crippen LogP contribution < -0.4 is 10.0 Å². The van der Waals surface area contributed by atoms with Gasteiger partial charge >= 0.3 is 0 Å². The summed E-state index contributed by atoms with van der Waals surface area (Å²) < 4.78 is 26.9. The van der Waals surface area contributed by atoms with E-state index < -0.39 is 10.0 Å². The first-order valence-corrected chi connectivity index (χ1v) is 9.93. The third-order valence-corrected chi connectivity index (χ3v) is 6.17. The minimum atomic E-state index is -3.11. The van der Waals surface area contributed by atoms with E-state index in [2.05, 4.69) is 28.9 Å². The van der Waals surface area contributed by atoms with Gasteiger partial charge in [-0.2, -0.15) is 0 Å². The van der Waals surface area contributed by atoms with E-state index in [1.54, 1.807) is 0 Å². The maximum Gasteiger partial charge on any atom is 0.211 e. The standard InChI is InChI=1S/C15H31N3O2S/c1-15(7-10-18(2)11-8-15)13-17-21(19,20)12-4-3-9-16-14-5-6-14/h14,16-17H,3-13H2,1-2H3. The van der Waals surface area contributed by atoms with Gasteiger partial charge in [0, 0.05) is 12.6 Å². The van der Waals surface area contributed by atoms with E-state index in [9.17, 15) is 8.42 Å². The number of hydrogen-bond acceptors (Lipinski definition) is 4. The van der Waals surface area contributed by atoms with Crippen LogP contribution in [-0.2, 0) is 10.0 Å². The quantitative estimate of drug-likeness (QED) is 0.627. The fraction of sp³-hybridized carbons (Fsp3) is 1.00. The van der Waals surface area contributed by atoms with Crippen LogP contribution in [0.3, 0.4) is 0 Å². The average molecular weight is 317 g/mol. The molecular weight excluding hydrogens is 286 g/mol. The highest BCUT2D eigenvalue weighted by Crippen LogP contribution is 2.29. The van der Waals surface area contributed by atoms with Gasteiger partial charge in [0.15, 0.2) is 0 Å². The van der Waals surface area contributed by atoms with Gasteiger partial charge < -0.3 is 10.2 Å². The third-order valence-electron chi connectivity index (χ3n) is 4.76. The Bertz CT molecular complexity index is 413. The van der Waals surface area contributed by atoms with Gasteiger partial charge in [-0.25, -0.2) is 13.1 Å². The predicted octanol–water partition coefficient (Wildman–Crippen LogP) is 1.17. The van der Waals surface area contributed by atoms with Gasteiger partial charge in [0.2, 0.25) is 10.0 Å². The molecule has 0 spiro atoms. The lowest BCUT2D eigenvalue weighted by atomic mass is 9.81. The van der Waals surface area contributed by atoms with Crippen molar-refractivity contribution >= 4 is 10.0 Å². The number of hydrogen-bond donors (Lipinski definition) is 2. The zero-order valence-electron chi connectivity index (χ0n) is 13.5. The first kappa shape index (κ1) is 17.2. The summed E-state index contributed by atoms with van der Waals surface area (Å²) in [5, 5.41) is 3.42. The summed E-state index contributed by atoms with van der Waals surface area (Å²) in [6.07, 6.45) is 6.39. The smallest absolute Gasteiger partial charge is 0.211 e. The number of unbranched alkanes of at least 4 members (excludes halogenated alkanes) is 1. The molecule has 124 valence electrons. The summed E-state index contributed by atoms with van der Waals surface area (Å²) in [5.41, 5.74) is 0.118. The van der Waals surface area contributed by atoms with Crippen LogP contribution in [-0.4, -0.2) is 58.3 Å². The van der Waals surface area contributed by atoms with Gasteiger partial charge in [0.1, 0.15) is 0 Å². The second-order valence-electron chi connectivity index (χ2n) is 7.19. The highest BCUT2D eigenvalue weighted by molar-refractivity contribution is 7.89. The van der Waals surface area contributed by atoms with Crippen LogP contribution in [0.1, 0.15) is 45.4 Å². The lowest BCUT2D eigenvalue weighted by molar-refractivity contribution is 0.143. The molecule has 6 heteroatoms. The SMILES string of the molecule is CN1CCC(C)(CNS(=O)(=O)CCCCNC2CC2)CC1. The van der Waals surface area contributed by atoms with E-state index in [1.165, 1.54) is 12.8 Å². The van der Waals surface area contributed by atoms with E-state index in [0.29, 0.717) is 12.6 Å². The summed E-state index contributed by atoms with van der Waals surface area (Å²) >= 11 is 0. The molecule has 0 atom stereocenters. The molecule has 5 nitrogen and oxygen atoms in total. The average Bonchev–Trinajstić information content (AvgIpc) is 3.24.